The van der Waals surface area contributed by atoms with Crippen LogP contribution in [0.25, 0.3) is 0 Å². The molecule has 0 aromatic carbocycles. The number of hydrogen-bond acceptors (Lipinski definition) is 4. The molecule has 1 aliphatic heterocycles. The van der Waals surface area contributed by atoms with Gasteiger partial charge in [-0.25, -0.2) is 8.42 Å². The van der Waals surface area contributed by atoms with Gasteiger partial charge in [0.25, 0.3) is 0 Å². The highest BCUT2D eigenvalue weighted by molar-refractivity contribution is 7.93. The SMILES string of the molecule is CNCC1CCCN(C(=O)C(C(C)C)S(=O)(=O)C2CCCCC2)C1.Cl. The highest BCUT2D eigenvalue weighted by Crippen LogP contribution is 2.30. The average Bonchev–Trinajstić information content (AvgIpc) is 2.55. The molecule has 1 N–H and O–H groups in total. The Morgan fingerprint density at radius 1 is 1.12 bits per heavy atom. The molecule has 148 valence electrons. The number of halogens is 1. The summed E-state index contributed by atoms with van der Waals surface area (Å²) in [5, 5.41) is 1.99. The third kappa shape index (κ3) is 5.57. The van der Waals surface area contributed by atoms with E-state index in [-0.39, 0.29) is 29.5 Å². The Hall–Kier alpha value is -0.330. The molecule has 2 atom stereocenters. The van der Waals surface area contributed by atoms with Gasteiger partial charge in [-0.05, 0) is 51.1 Å². The predicted molar refractivity (Wildman–Crippen MR) is 105 cm³/mol. The van der Waals surface area contributed by atoms with Crippen LogP contribution in [0.1, 0.15) is 58.8 Å². The maximum Gasteiger partial charge on any atom is 0.241 e. The minimum absolute atomic E-state index is 0. The van der Waals surface area contributed by atoms with E-state index in [2.05, 4.69) is 5.32 Å². The molecule has 0 spiro atoms. The standard InChI is InChI=1S/C18H34N2O3S.ClH/c1-14(2)17(24(22,23)16-9-5-4-6-10-16)18(21)20-11-7-8-15(13-20)12-19-3;/h14-17,19H,4-13H2,1-3H3;1H. The van der Waals surface area contributed by atoms with E-state index >= 15 is 0 Å². The molecule has 0 bridgehead atoms. The van der Waals surface area contributed by atoms with Crippen LogP contribution in [0, 0.1) is 11.8 Å². The number of carbonyl (C=O) groups is 1. The number of amides is 1. The van der Waals surface area contributed by atoms with Crippen LogP contribution >= 0.6 is 12.4 Å². The fourth-order valence-corrected chi connectivity index (χ4v) is 6.90. The maximum absolute atomic E-state index is 13.2. The third-order valence-electron chi connectivity index (χ3n) is 5.54. The molecule has 1 amide bonds. The van der Waals surface area contributed by atoms with E-state index in [9.17, 15) is 13.2 Å². The molecule has 2 unspecified atom stereocenters. The van der Waals surface area contributed by atoms with E-state index in [0.29, 0.717) is 19.0 Å². The van der Waals surface area contributed by atoms with E-state index in [4.69, 9.17) is 0 Å². The van der Waals surface area contributed by atoms with Crippen molar-refractivity contribution in [2.45, 2.75) is 69.3 Å². The monoisotopic (exact) mass is 394 g/mol. The molecule has 5 nitrogen and oxygen atoms in total. The third-order valence-corrected chi connectivity index (χ3v) is 8.40. The van der Waals surface area contributed by atoms with Gasteiger partial charge in [0, 0.05) is 13.1 Å². The van der Waals surface area contributed by atoms with Crippen LogP contribution < -0.4 is 5.32 Å². The Labute approximate surface area is 159 Å². The maximum atomic E-state index is 13.2. The zero-order valence-corrected chi connectivity index (χ0v) is 17.5. The molecule has 1 heterocycles. The van der Waals surface area contributed by atoms with Gasteiger partial charge in [0.1, 0.15) is 5.25 Å². The minimum atomic E-state index is -3.41. The summed E-state index contributed by atoms with van der Waals surface area (Å²) in [5.41, 5.74) is 0. The predicted octanol–water partition coefficient (Wildman–Crippen LogP) is 2.64. The summed E-state index contributed by atoms with van der Waals surface area (Å²) in [6, 6.07) is 0. The van der Waals surface area contributed by atoms with Gasteiger partial charge in [-0.15, -0.1) is 12.4 Å². The highest BCUT2D eigenvalue weighted by Gasteiger charge is 2.43. The Balaban J connectivity index is 0.00000312. The Morgan fingerprint density at radius 3 is 2.32 bits per heavy atom. The Bertz CT molecular complexity index is 516. The van der Waals surface area contributed by atoms with Crippen LogP contribution in [-0.4, -0.2) is 56.4 Å². The Kier molecular flexibility index (Phi) is 9.19. The normalized spacial score (nSPS) is 24.0. The molecule has 1 saturated heterocycles. The van der Waals surface area contributed by atoms with Gasteiger partial charge in [0.15, 0.2) is 9.84 Å². The van der Waals surface area contributed by atoms with Crippen molar-refractivity contribution in [2.75, 3.05) is 26.7 Å². The number of nitrogens with one attached hydrogen (secondary N) is 1. The van der Waals surface area contributed by atoms with Gasteiger partial charge in [-0.3, -0.25) is 4.79 Å². The fraction of sp³-hybridized carbons (Fsp3) is 0.944. The number of likely N-dealkylation sites (tertiary alicyclic amines) is 1. The molecule has 1 aliphatic carbocycles. The van der Waals surface area contributed by atoms with Crippen molar-refractivity contribution in [1.29, 1.82) is 0 Å². The van der Waals surface area contributed by atoms with E-state index in [1.807, 2.05) is 25.8 Å². The van der Waals surface area contributed by atoms with Crippen molar-refractivity contribution >= 4 is 28.2 Å². The van der Waals surface area contributed by atoms with Crippen molar-refractivity contribution in [2.24, 2.45) is 11.8 Å². The molecule has 7 heteroatoms. The average molecular weight is 395 g/mol. The van der Waals surface area contributed by atoms with Crippen molar-refractivity contribution in [3.8, 4) is 0 Å². The molecule has 25 heavy (non-hydrogen) atoms. The lowest BCUT2D eigenvalue weighted by Gasteiger charge is -2.37. The number of carbonyl (C=O) groups excluding carboxylic acids is 1. The second-order valence-corrected chi connectivity index (χ2v) is 10.2. The zero-order valence-electron chi connectivity index (χ0n) is 15.9. The summed E-state index contributed by atoms with van der Waals surface area (Å²) in [5.74, 6) is 0.100. The van der Waals surface area contributed by atoms with E-state index < -0.39 is 15.1 Å². The van der Waals surface area contributed by atoms with Gasteiger partial charge >= 0.3 is 0 Å². The van der Waals surface area contributed by atoms with Gasteiger partial charge in [0.05, 0.1) is 5.25 Å². The summed E-state index contributed by atoms with van der Waals surface area (Å²) < 4.78 is 26.3. The van der Waals surface area contributed by atoms with Gasteiger partial charge in [-0.1, -0.05) is 33.1 Å². The van der Waals surface area contributed by atoms with Crippen molar-refractivity contribution in [1.82, 2.24) is 10.2 Å². The second kappa shape index (κ2) is 10.1. The van der Waals surface area contributed by atoms with Crippen molar-refractivity contribution in [3.63, 3.8) is 0 Å². The number of nitrogens with zero attached hydrogens (tertiary/aromatic N) is 1. The van der Waals surface area contributed by atoms with Crippen LogP contribution in [0.4, 0.5) is 0 Å². The molecule has 0 aromatic rings. The first-order valence-electron chi connectivity index (χ1n) is 9.54. The number of hydrogen-bond donors (Lipinski definition) is 1. The molecule has 2 rings (SSSR count). The highest BCUT2D eigenvalue weighted by atomic mass is 35.5. The molecular formula is C18H35ClN2O3S. The van der Waals surface area contributed by atoms with Crippen LogP contribution in [0.5, 0.6) is 0 Å². The topological polar surface area (TPSA) is 66.5 Å². The lowest BCUT2D eigenvalue weighted by Crippen LogP contribution is -2.52. The molecule has 1 saturated carbocycles. The molecular weight excluding hydrogens is 360 g/mol. The van der Waals surface area contributed by atoms with E-state index in [1.165, 1.54) is 0 Å². The van der Waals surface area contributed by atoms with Crippen LogP contribution in [0.2, 0.25) is 0 Å². The zero-order chi connectivity index (χ0) is 17.7. The number of rotatable bonds is 6. The van der Waals surface area contributed by atoms with Crippen LogP contribution in [-0.2, 0) is 14.6 Å². The minimum Gasteiger partial charge on any atom is -0.341 e. The summed E-state index contributed by atoms with van der Waals surface area (Å²) in [7, 11) is -1.49. The summed E-state index contributed by atoms with van der Waals surface area (Å²) >= 11 is 0. The van der Waals surface area contributed by atoms with Crippen molar-refractivity contribution in [3.05, 3.63) is 0 Å². The largest absolute Gasteiger partial charge is 0.341 e. The summed E-state index contributed by atoms with van der Waals surface area (Å²) in [6.45, 7) is 6.01. The molecule has 2 fully saturated rings. The quantitative estimate of drug-likeness (QED) is 0.752. The van der Waals surface area contributed by atoms with E-state index in [1.54, 1.807) is 0 Å². The molecule has 0 aromatic heterocycles. The molecule has 2 aliphatic rings. The lowest BCUT2D eigenvalue weighted by atomic mass is 9.97. The summed E-state index contributed by atoms with van der Waals surface area (Å²) in [4.78, 5) is 14.9. The van der Waals surface area contributed by atoms with Crippen LogP contribution in [0.15, 0.2) is 0 Å². The van der Waals surface area contributed by atoms with Crippen LogP contribution in [0.3, 0.4) is 0 Å². The first-order valence-corrected chi connectivity index (χ1v) is 11.1. The summed E-state index contributed by atoms with van der Waals surface area (Å²) in [6.07, 6.45) is 6.57. The fourth-order valence-electron chi connectivity index (χ4n) is 4.31. The smallest absolute Gasteiger partial charge is 0.241 e. The number of piperidine rings is 1. The first kappa shape index (κ1) is 22.7. The Morgan fingerprint density at radius 2 is 1.76 bits per heavy atom. The second-order valence-electron chi connectivity index (χ2n) is 7.86. The van der Waals surface area contributed by atoms with Gasteiger partial charge in [-0.2, -0.15) is 0 Å². The first-order chi connectivity index (χ1) is 11.4. The number of sulfone groups is 1. The van der Waals surface area contributed by atoms with Gasteiger partial charge in [0.2, 0.25) is 5.91 Å². The van der Waals surface area contributed by atoms with Crippen molar-refractivity contribution < 1.29 is 13.2 Å². The van der Waals surface area contributed by atoms with E-state index in [0.717, 1.165) is 51.5 Å². The van der Waals surface area contributed by atoms with Gasteiger partial charge < -0.3 is 10.2 Å². The molecule has 0 radical (unpaired) electrons. The lowest BCUT2D eigenvalue weighted by molar-refractivity contribution is -0.133.